The number of nitrogens with zero attached hydrogens (tertiary/aromatic N) is 4. The maximum atomic E-state index is 5.37. The number of piperidine rings is 1. The molecule has 138 valence electrons. The fraction of sp³-hybridized carbons (Fsp3) is 0.476. The van der Waals surface area contributed by atoms with Gasteiger partial charge in [-0.2, -0.15) is 5.10 Å². The fourth-order valence-corrected chi connectivity index (χ4v) is 4.28. The molecule has 1 saturated heterocycles. The number of aryl methyl sites for hydroxylation is 3. The average molecular weight is 352 g/mol. The summed E-state index contributed by atoms with van der Waals surface area (Å²) < 4.78 is 9.81. The van der Waals surface area contributed by atoms with Crippen LogP contribution in [0.3, 0.4) is 0 Å². The van der Waals surface area contributed by atoms with Gasteiger partial charge in [0, 0.05) is 50.0 Å². The Bertz CT molecular complexity index is 916. The first-order valence-electron chi connectivity index (χ1n) is 9.42. The summed E-state index contributed by atoms with van der Waals surface area (Å²) in [6.07, 6.45) is 4.60. The zero-order valence-corrected chi connectivity index (χ0v) is 16.2. The molecule has 26 heavy (non-hydrogen) atoms. The minimum absolute atomic E-state index is 0.539. The Kier molecular flexibility index (Phi) is 4.49. The van der Waals surface area contributed by atoms with Crippen molar-refractivity contribution in [3.63, 3.8) is 0 Å². The number of likely N-dealkylation sites (tertiary alicyclic amines) is 1. The average Bonchev–Trinajstić information content (AvgIpc) is 3.14. The van der Waals surface area contributed by atoms with Crippen molar-refractivity contribution in [3.8, 4) is 5.75 Å². The van der Waals surface area contributed by atoms with Crippen molar-refractivity contribution < 1.29 is 4.74 Å². The fourth-order valence-electron chi connectivity index (χ4n) is 4.28. The molecule has 0 amide bonds. The molecule has 0 saturated carbocycles. The van der Waals surface area contributed by atoms with E-state index >= 15 is 0 Å². The minimum atomic E-state index is 0.539. The molecule has 0 spiro atoms. The highest BCUT2D eigenvalue weighted by atomic mass is 16.5. The van der Waals surface area contributed by atoms with Crippen LogP contribution in [0.2, 0.25) is 0 Å². The second-order valence-electron chi connectivity index (χ2n) is 7.53. The van der Waals surface area contributed by atoms with Gasteiger partial charge in [-0.15, -0.1) is 0 Å². The van der Waals surface area contributed by atoms with E-state index in [9.17, 15) is 0 Å². The molecule has 1 aromatic carbocycles. The lowest BCUT2D eigenvalue weighted by molar-refractivity contribution is 0.172. The molecule has 0 atom stereocenters. The number of hydrogen-bond acceptors (Lipinski definition) is 3. The number of benzene rings is 1. The predicted molar refractivity (Wildman–Crippen MR) is 105 cm³/mol. The number of methoxy groups -OCH3 is 1. The van der Waals surface area contributed by atoms with Crippen molar-refractivity contribution in [1.29, 1.82) is 0 Å². The Morgan fingerprint density at radius 2 is 1.92 bits per heavy atom. The van der Waals surface area contributed by atoms with Crippen LogP contribution in [0.4, 0.5) is 0 Å². The van der Waals surface area contributed by atoms with Crippen molar-refractivity contribution in [1.82, 2.24) is 19.2 Å². The Morgan fingerprint density at radius 1 is 1.15 bits per heavy atom. The highest BCUT2D eigenvalue weighted by Gasteiger charge is 2.23. The summed E-state index contributed by atoms with van der Waals surface area (Å²) in [4.78, 5) is 2.57. The molecule has 0 bridgehead atoms. The van der Waals surface area contributed by atoms with Crippen LogP contribution in [0.15, 0.2) is 30.5 Å². The molecule has 3 aromatic rings. The molecular formula is C21H28N4O. The van der Waals surface area contributed by atoms with E-state index in [0.29, 0.717) is 6.04 Å². The van der Waals surface area contributed by atoms with Gasteiger partial charge in [-0.05, 0) is 50.5 Å². The molecule has 3 heterocycles. The molecule has 1 fully saturated rings. The van der Waals surface area contributed by atoms with Crippen molar-refractivity contribution >= 4 is 10.9 Å². The van der Waals surface area contributed by atoms with Gasteiger partial charge < -0.3 is 9.30 Å². The number of ether oxygens (including phenoxy) is 1. The van der Waals surface area contributed by atoms with Gasteiger partial charge >= 0.3 is 0 Å². The lowest BCUT2D eigenvalue weighted by Crippen LogP contribution is -2.34. The van der Waals surface area contributed by atoms with E-state index < -0.39 is 0 Å². The topological polar surface area (TPSA) is 35.2 Å². The van der Waals surface area contributed by atoms with Gasteiger partial charge in [0.2, 0.25) is 0 Å². The van der Waals surface area contributed by atoms with Crippen LogP contribution in [-0.4, -0.2) is 39.4 Å². The number of aromatic nitrogens is 3. The SMILES string of the molecule is COc1ccc2c(CN3CCC(n4nc(C)cc4C)CC3)cn(C)c2c1. The largest absolute Gasteiger partial charge is 0.497 e. The monoisotopic (exact) mass is 352 g/mol. The Hall–Kier alpha value is -2.27. The van der Waals surface area contributed by atoms with Crippen molar-refractivity contribution in [2.75, 3.05) is 20.2 Å². The van der Waals surface area contributed by atoms with Crippen LogP contribution in [0.1, 0.15) is 35.8 Å². The molecule has 2 aromatic heterocycles. The van der Waals surface area contributed by atoms with Gasteiger partial charge in [-0.25, -0.2) is 0 Å². The standard InChI is InChI=1S/C21H28N4O/c1-15-11-16(2)25(22-15)18-7-9-24(10-8-18)14-17-13-23(3)21-12-19(26-4)5-6-20(17)21/h5-6,11-13,18H,7-10,14H2,1-4H3. The predicted octanol–water partition coefficient (Wildman–Crippen LogP) is 3.84. The highest BCUT2D eigenvalue weighted by Crippen LogP contribution is 2.29. The summed E-state index contributed by atoms with van der Waals surface area (Å²) >= 11 is 0. The van der Waals surface area contributed by atoms with E-state index in [4.69, 9.17) is 4.74 Å². The van der Waals surface area contributed by atoms with Crippen molar-refractivity contribution in [2.24, 2.45) is 7.05 Å². The quantitative estimate of drug-likeness (QED) is 0.716. The van der Waals surface area contributed by atoms with E-state index in [-0.39, 0.29) is 0 Å². The number of hydrogen-bond donors (Lipinski definition) is 0. The van der Waals surface area contributed by atoms with Gasteiger partial charge in [-0.1, -0.05) is 0 Å². The summed E-state index contributed by atoms with van der Waals surface area (Å²) in [6, 6.07) is 9.08. The molecule has 4 rings (SSSR count). The van der Waals surface area contributed by atoms with Gasteiger partial charge in [0.05, 0.1) is 24.4 Å². The Balaban J connectivity index is 1.46. The second kappa shape index (κ2) is 6.80. The summed E-state index contributed by atoms with van der Waals surface area (Å²) in [6.45, 7) is 7.49. The minimum Gasteiger partial charge on any atom is -0.497 e. The van der Waals surface area contributed by atoms with E-state index in [1.807, 2.05) is 0 Å². The number of rotatable bonds is 4. The first-order valence-corrected chi connectivity index (χ1v) is 9.42. The van der Waals surface area contributed by atoms with Crippen molar-refractivity contribution in [2.45, 2.75) is 39.3 Å². The van der Waals surface area contributed by atoms with Crippen LogP contribution in [0.5, 0.6) is 5.75 Å². The first-order chi connectivity index (χ1) is 12.5. The smallest absolute Gasteiger partial charge is 0.120 e. The van der Waals surface area contributed by atoms with Gasteiger partial charge in [0.15, 0.2) is 0 Å². The first kappa shape index (κ1) is 17.2. The molecule has 1 aliphatic heterocycles. The Morgan fingerprint density at radius 3 is 2.58 bits per heavy atom. The molecule has 0 aliphatic carbocycles. The van der Waals surface area contributed by atoms with Crippen LogP contribution in [0.25, 0.3) is 10.9 Å². The molecule has 0 N–H and O–H groups in total. The molecule has 5 heteroatoms. The van der Waals surface area contributed by atoms with Crippen LogP contribution >= 0.6 is 0 Å². The summed E-state index contributed by atoms with van der Waals surface area (Å²) in [5, 5.41) is 6.01. The van der Waals surface area contributed by atoms with Gasteiger partial charge in [0.25, 0.3) is 0 Å². The van der Waals surface area contributed by atoms with Gasteiger partial charge in [-0.3, -0.25) is 9.58 Å². The lowest BCUT2D eigenvalue weighted by Gasteiger charge is -2.32. The highest BCUT2D eigenvalue weighted by molar-refractivity contribution is 5.85. The van der Waals surface area contributed by atoms with E-state index in [2.05, 4.69) is 70.6 Å². The zero-order chi connectivity index (χ0) is 18.3. The number of fused-ring (bicyclic) bond motifs is 1. The molecule has 5 nitrogen and oxygen atoms in total. The maximum absolute atomic E-state index is 5.37. The molecule has 1 aliphatic rings. The summed E-state index contributed by atoms with van der Waals surface area (Å²) in [5.41, 5.74) is 5.03. The van der Waals surface area contributed by atoms with E-state index in [0.717, 1.165) is 31.1 Å². The lowest BCUT2D eigenvalue weighted by atomic mass is 10.0. The zero-order valence-electron chi connectivity index (χ0n) is 16.2. The second-order valence-corrected chi connectivity index (χ2v) is 7.53. The van der Waals surface area contributed by atoms with E-state index in [1.54, 1.807) is 7.11 Å². The molecular weight excluding hydrogens is 324 g/mol. The summed E-state index contributed by atoms with van der Waals surface area (Å²) in [7, 11) is 3.83. The van der Waals surface area contributed by atoms with Crippen molar-refractivity contribution in [3.05, 3.63) is 47.4 Å². The third-order valence-corrected chi connectivity index (χ3v) is 5.62. The third-order valence-electron chi connectivity index (χ3n) is 5.62. The van der Waals surface area contributed by atoms with Crippen LogP contribution < -0.4 is 4.74 Å². The van der Waals surface area contributed by atoms with Crippen LogP contribution in [0, 0.1) is 13.8 Å². The Labute approximate surface area is 155 Å². The maximum Gasteiger partial charge on any atom is 0.120 e. The van der Waals surface area contributed by atoms with Crippen LogP contribution in [-0.2, 0) is 13.6 Å². The van der Waals surface area contributed by atoms with E-state index in [1.165, 1.54) is 35.0 Å². The normalized spacial score (nSPS) is 16.5. The molecule has 0 unspecified atom stereocenters. The van der Waals surface area contributed by atoms with Gasteiger partial charge in [0.1, 0.15) is 5.75 Å². The third kappa shape index (κ3) is 3.12. The molecule has 0 radical (unpaired) electrons. The summed E-state index contributed by atoms with van der Waals surface area (Å²) in [5.74, 6) is 0.913.